The number of rotatable bonds is 3. The Morgan fingerprint density at radius 2 is 1.79 bits per heavy atom. The summed E-state index contributed by atoms with van der Waals surface area (Å²) in [6, 6.07) is 8.97. The lowest BCUT2D eigenvalue weighted by atomic mass is 10.0. The van der Waals surface area contributed by atoms with Crippen LogP contribution in [0.3, 0.4) is 0 Å². The lowest BCUT2D eigenvalue weighted by Gasteiger charge is -2.39. The molecule has 0 bridgehead atoms. The summed E-state index contributed by atoms with van der Waals surface area (Å²) in [7, 11) is 0. The van der Waals surface area contributed by atoms with Crippen LogP contribution >= 0.6 is 0 Å². The average molecular weight is 385 g/mol. The summed E-state index contributed by atoms with van der Waals surface area (Å²) < 4.78 is 0. The fraction of sp³-hybridized carbons (Fsp3) is 0.636. The number of nitrogens with one attached hydrogen (secondary N) is 1. The second-order valence-electron chi connectivity index (χ2n) is 8.38. The number of nitrogens with zero attached hydrogens (tertiary/aromatic N) is 3. The highest BCUT2D eigenvalue weighted by Crippen LogP contribution is 2.26. The van der Waals surface area contributed by atoms with Gasteiger partial charge in [0.25, 0.3) is 0 Å². The number of carbonyl (C=O) groups excluding carboxylic acids is 2. The van der Waals surface area contributed by atoms with E-state index in [-0.39, 0.29) is 17.9 Å². The van der Waals surface area contributed by atoms with Crippen molar-refractivity contribution < 1.29 is 9.59 Å². The van der Waals surface area contributed by atoms with Gasteiger partial charge in [-0.15, -0.1) is 0 Å². The number of amides is 2. The molecule has 3 aliphatic rings. The Labute approximate surface area is 167 Å². The Kier molecular flexibility index (Phi) is 5.85. The third-order valence-corrected chi connectivity index (χ3v) is 6.57. The lowest BCUT2D eigenvalue weighted by Crippen LogP contribution is -2.48. The van der Waals surface area contributed by atoms with Gasteiger partial charge in [0.05, 0.1) is 0 Å². The normalized spacial score (nSPS) is 24.9. The molecule has 3 saturated heterocycles. The van der Waals surface area contributed by atoms with E-state index in [0.717, 1.165) is 45.7 Å². The molecular formula is C22H32N4O2. The molecular weight excluding hydrogens is 352 g/mol. The molecule has 0 aliphatic carbocycles. The molecule has 0 radical (unpaired) electrons. The first-order valence-corrected chi connectivity index (χ1v) is 10.7. The second kappa shape index (κ2) is 8.52. The Hall–Kier alpha value is -2.08. The van der Waals surface area contributed by atoms with Gasteiger partial charge in [-0.25, -0.2) is 0 Å². The summed E-state index contributed by atoms with van der Waals surface area (Å²) in [4.78, 5) is 31.2. The Morgan fingerprint density at radius 1 is 1.00 bits per heavy atom. The number of para-hydroxylation sites is 1. The van der Waals surface area contributed by atoms with Crippen molar-refractivity contribution in [3.05, 3.63) is 29.8 Å². The van der Waals surface area contributed by atoms with Gasteiger partial charge in [-0.05, 0) is 44.2 Å². The van der Waals surface area contributed by atoms with Crippen molar-refractivity contribution in [3.8, 4) is 0 Å². The van der Waals surface area contributed by atoms with Crippen LogP contribution in [0, 0.1) is 6.92 Å². The molecule has 4 rings (SSSR count). The molecule has 1 unspecified atom stereocenters. The van der Waals surface area contributed by atoms with Gasteiger partial charge in [0.2, 0.25) is 11.8 Å². The molecule has 3 aliphatic heterocycles. The van der Waals surface area contributed by atoms with Gasteiger partial charge in [-0.3, -0.25) is 14.5 Å². The van der Waals surface area contributed by atoms with Crippen LogP contribution in [0.1, 0.15) is 37.7 Å². The van der Waals surface area contributed by atoms with Crippen molar-refractivity contribution in [2.45, 2.75) is 51.1 Å². The van der Waals surface area contributed by atoms with Gasteiger partial charge < -0.3 is 15.1 Å². The van der Waals surface area contributed by atoms with Gasteiger partial charge in [-0.1, -0.05) is 18.2 Å². The average Bonchev–Trinajstić information content (AvgIpc) is 3.00. The van der Waals surface area contributed by atoms with Crippen LogP contribution in [0.25, 0.3) is 0 Å². The van der Waals surface area contributed by atoms with Crippen LogP contribution < -0.4 is 10.2 Å². The molecule has 1 N–H and O–H groups in total. The predicted molar refractivity (Wildman–Crippen MR) is 110 cm³/mol. The highest BCUT2D eigenvalue weighted by atomic mass is 16.2. The highest BCUT2D eigenvalue weighted by molar-refractivity contribution is 5.90. The van der Waals surface area contributed by atoms with Gasteiger partial charge in [0, 0.05) is 57.4 Å². The smallest absolute Gasteiger partial charge is 0.245 e. The number of anilines is 1. The zero-order chi connectivity index (χ0) is 19.5. The topological polar surface area (TPSA) is 55.9 Å². The van der Waals surface area contributed by atoms with Crippen LogP contribution in [0.5, 0.6) is 0 Å². The minimum Gasteiger partial charge on any atom is -0.371 e. The number of hydrogen-bond donors (Lipinski definition) is 1. The highest BCUT2D eigenvalue weighted by Gasteiger charge is 2.33. The van der Waals surface area contributed by atoms with Crippen LogP contribution in [-0.2, 0) is 9.59 Å². The molecule has 2 amide bonds. The van der Waals surface area contributed by atoms with E-state index in [1.165, 1.54) is 24.1 Å². The Morgan fingerprint density at radius 3 is 2.50 bits per heavy atom. The second-order valence-corrected chi connectivity index (χ2v) is 8.38. The van der Waals surface area contributed by atoms with E-state index in [1.54, 1.807) is 0 Å². The third kappa shape index (κ3) is 4.17. The summed E-state index contributed by atoms with van der Waals surface area (Å²) in [6.45, 7) is 7.99. The minimum absolute atomic E-state index is 0.00945. The molecule has 3 heterocycles. The molecule has 6 heteroatoms. The maximum atomic E-state index is 12.7. The SMILES string of the molecule is Cc1ccccc1N1CCC(N2CCCN(C(=O)C3CCC(=O)N3)CC2)CC1. The van der Waals surface area contributed by atoms with E-state index in [1.807, 2.05) is 4.90 Å². The van der Waals surface area contributed by atoms with Crippen molar-refractivity contribution in [1.82, 2.24) is 15.1 Å². The van der Waals surface area contributed by atoms with Crippen molar-refractivity contribution in [3.63, 3.8) is 0 Å². The Bertz CT molecular complexity index is 714. The minimum atomic E-state index is -0.295. The van der Waals surface area contributed by atoms with Crippen molar-refractivity contribution >= 4 is 17.5 Å². The van der Waals surface area contributed by atoms with E-state index in [9.17, 15) is 9.59 Å². The molecule has 28 heavy (non-hydrogen) atoms. The summed E-state index contributed by atoms with van der Waals surface area (Å²) in [6.07, 6.45) is 4.51. The van der Waals surface area contributed by atoms with Crippen molar-refractivity contribution in [1.29, 1.82) is 0 Å². The molecule has 0 aromatic heterocycles. The molecule has 1 aromatic carbocycles. The van der Waals surface area contributed by atoms with Crippen LogP contribution in [0.4, 0.5) is 5.69 Å². The zero-order valence-electron chi connectivity index (χ0n) is 16.9. The number of hydrogen-bond acceptors (Lipinski definition) is 4. The zero-order valence-corrected chi connectivity index (χ0v) is 16.9. The maximum Gasteiger partial charge on any atom is 0.245 e. The number of aryl methyl sites for hydroxylation is 1. The molecule has 0 spiro atoms. The molecule has 152 valence electrons. The fourth-order valence-electron chi connectivity index (χ4n) is 4.93. The van der Waals surface area contributed by atoms with E-state index in [4.69, 9.17) is 0 Å². The monoisotopic (exact) mass is 384 g/mol. The Balaban J connectivity index is 1.29. The lowest BCUT2D eigenvalue weighted by molar-refractivity contribution is -0.134. The number of carbonyl (C=O) groups is 2. The third-order valence-electron chi connectivity index (χ3n) is 6.57. The quantitative estimate of drug-likeness (QED) is 0.863. The maximum absolute atomic E-state index is 12.7. The summed E-state index contributed by atoms with van der Waals surface area (Å²) >= 11 is 0. The van der Waals surface area contributed by atoms with E-state index in [0.29, 0.717) is 18.9 Å². The molecule has 1 atom stereocenters. The summed E-state index contributed by atoms with van der Waals surface area (Å²) in [5, 5.41) is 2.82. The molecule has 6 nitrogen and oxygen atoms in total. The summed E-state index contributed by atoms with van der Waals surface area (Å²) in [5.74, 6) is 0.122. The van der Waals surface area contributed by atoms with Crippen LogP contribution in [0.15, 0.2) is 24.3 Å². The van der Waals surface area contributed by atoms with Crippen LogP contribution in [0.2, 0.25) is 0 Å². The standard InChI is InChI=1S/C22H32N4O2/c1-17-5-2-3-6-20(17)25-13-9-18(10-14-25)24-11-4-12-26(16-15-24)22(28)19-7-8-21(27)23-19/h2-3,5-6,18-19H,4,7-16H2,1H3,(H,23,27). The number of piperidine rings is 1. The molecule has 3 fully saturated rings. The van der Waals surface area contributed by atoms with Gasteiger partial charge in [-0.2, -0.15) is 0 Å². The summed E-state index contributed by atoms with van der Waals surface area (Å²) in [5.41, 5.74) is 2.72. The van der Waals surface area contributed by atoms with Gasteiger partial charge in [0.15, 0.2) is 0 Å². The first-order chi connectivity index (χ1) is 13.6. The first-order valence-electron chi connectivity index (χ1n) is 10.7. The van der Waals surface area contributed by atoms with Gasteiger partial charge >= 0.3 is 0 Å². The van der Waals surface area contributed by atoms with E-state index in [2.05, 4.69) is 46.3 Å². The first kappa shape index (κ1) is 19.2. The van der Waals surface area contributed by atoms with Crippen LogP contribution in [-0.4, -0.2) is 73.0 Å². The largest absolute Gasteiger partial charge is 0.371 e. The number of benzene rings is 1. The van der Waals surface area contributed by atoms with Gasteiger partial charge in [0.1, 0.15) is 6.04 Å². The predicted octanol–water partition coefficient (Wildman–Crippen LogP) is 1.78. The van der Waals surface area contributed by atoms with Crippen molar-refractivity contribution in [2.24, 2.45) is 0 Å². The molecule has 1 aromatic rings. The van der Waals surface area contributed by atoms with Crippen molar-refractivity contribution in [2.75, 3.05) is 44.2 Å². The van der Waals surface area contributed by atoms with E-state index >= 15 is 0 Å². The van der Waals surface area contributed by atoms with E-state index < -0.39 is 0 Å². The molecule has 0 saturated carbocycles. The fourth-order valence-corrected chi connectivity index (χ4v) is 4.93.